The third kappa shape index (κ3) is 5.15. The molecule has 172 valence electrons. The highest BCUT2D eigenvalue weighted by atomic mass is 35.5. The average molecular weight is 490 g/mol. The van der Waals surface area contributed by atoms with Crippen LogP contribution in [-0.2, 0) is 4.74 Å². The smallest absolute Gasteiger partial charge is 0.296 e. The first-order chi connectivity index (χ1) is 16.1. The fourth-order valence-electron chi connectivity index (χ4n) is 3.27. The van der Waals surface area contributed by atoms with Crippen molar-refractivity contribution in [2.45, 2.75) is 31.5 Å². The van der Waals surface area contributed by atoms with Crippen molar-refractivity contribution in [2.75, 3.05) is 25.6 Å². The van der Waals surface area contributed by atoms with Gasteiger partial charge in [-0.05, 0) is 30.2 Å². The molecule has 0 radical (unpaired) electrons. The second kappa shape index (κ2) is 9.46. The fraction of sp³-hybridized carbons (Fsp3) is 0.381. The summed E-state index contributed by atoms with van der Waals surface area (Å²) in [6, 6.07) is 3.34. The van der Waals surface area contributed by atoms with Gasteiger partial charge in [-0.1, -0.05) is 16.7 Å². The van der Waals surface area contributed by atoms with E-state index in [4.69, 9.17) is 30.5 Å². The Balaban J connectivity index is 1.42. The molecule has 1 saturated carbocycles. The topological polar surface area (TPSA) is 118 Å². The Hall–Kier alpha value is -3.02. The van der Waals surface area contributed by atoms with Crippen molar-refractivity contribution >= 4 is 34.0 Å². The second-order valence-electron chi connectivity index (χ2n) is 7.52. The van der Waals surface area contributed by atoms with Gasteiger partial charge in [-0.15, -0.1) is 5.10 Å². The lowest BCUT2D eigenvalue weighted by atomic mass is 10.0. The van der Waals surface area contributed by atoms with E-state index in [1.165, 1.54) is 19.5 Å². The van der Waals surface area contributed by atoms with Gasteiger partial charge in [0.25, 0.3) is 11.1 Å². The van der Waals surface area contributed by atoms with Gasteiger partial charge in [0.05, 0.1) is 32.1 Å². The van der Waals surface area contributed by atoms with Crippen LogP contribution in [0.3, 0.4) is 0 Å². The van der Waals surface area contributed by atoms with E-state index in [0.29, 0.717) is 51.9 Å². The zero-order valence-electron chi connectivity index (χ0n) is 17.6. The zero-order valence-corrected chi connectivity index (χ0v) is 19.2. The van der Waals surface area contributed by atoms with Crippen LogP contribution in [-0.4, -0.2) is 58.6 Å². The molecule has 5 rings (SSSR count). The Bertz CT molecular complexity index is 1170. The SMILES string of the molecule is COc1cnc(Cl)cc1-c1cc(OC2CC2)ncc1C(=O)Nc1nnc(OC2CCOC2)s1. The first kappa shape index (κ1) is 21.8. The molecule has 1 aliphatic carbocycles. The molecule has 33 heavy (non-hydrogen) atoms. The number of hydrogen-bond acceptors (Lipinski definition) is 10. The summed E-state index contributed by atoms with van der Waals surface area (Å²) in [7, 11) is 1.52. The van der Waals surface area contributed by atoms with E-state index in [-0.39, 0.29) is 17.4 Å². The number of pyridine rings is 2. The first-order valence-electron chi connectivity index (χ1n) is 10.3. The van der Waals surface area contributed by atoms with E-state index in [9.17, 15) is 4.79 Å². The van der Waals surface area contributed by atoms with Crippen molar-refractivity contribution in [3.05, 3.63) is 35.2 Å². The highest BCUT2D eigenvalue weighted by Gasteiger charge is 2.26. The summed E-state index contributed by atoms with van der Waals surface area (Å²) < 4.78 is 22.3. The molecule has 0 aromatic carbocycles. The van der Waals surface area contributed by atoms with Gasteiger partial charge in [-0.3, -0.25) is 10.1 Å². The van der Waals surface area contributed by atoms with Crippen LogP contribution in [0.15, 0.2) is 24.5 Å². The molecule has 3 aromatic rings. The predicted molar refractivity (Wildman–Crippen MR) is 120 cm³/mol. The summed E-state index contributed by atoms with van der Waals surface area (Å²) in [6.45, 7) is 1.17. The molecule has 0 spiro atoms. The molecule has 1 saturated heterocycles. The summed E-state index contributed by atoms with van der Waals surface area (Å²) in [6.07, 6.45) is 5.82. The lowest BCUT2D eigenvalue weighted by molar-refractivity contribution is 0.102. The van der Waals surface area contributed by atoms with Gasteiger partial charge in [-0.2, -0.15) is 0 Å². The third-order valence-electron chi connectivity index (χ3n) is 5.06. The first-order valence-corrected chi connectivity index (χ1v) is 11.5. The molecule has 2 fully saturated rings. The summed E-state index contributed by atoms with van der Waals surface area (Å²) in [5, 5.41) is 11.7. The molecule has 1 N–H and O–H groups in total. The van der Waals surface area contributed by atoms with E-state index in [2.05, 4.69) is 25.5 Å². The second-order valence-corrected chi connectivity index (χ2v) is 8.85. The molecule has 1 atom stereocenters. The molecule has 2 aliphatic rings. The highest BCUT2D eigenvalue weighted by Crippen LogP contribution is 2.37. The number of halogens is 1. The summed E-state index contributed by atoms with van der Waals surface area (Å²) in [5.41, 5.74) is 1.43. The number of nitrogens with one attached hydrogen (secondary N) is 1. The molecule has 12 heteroatoms. The number of aromatic nitrogens is 4. The van der Waals surface area contributed by atoms with Crippen LogP contribution in [0.4, 0.5) is 5.13 Å². The molecule has 1 aliphatic heterocycles. The third-order valence-corrected chi connectivity index (χ3v) is 6.00. The quantitative estimate of drug-likeness (QED) is 0.473. The van der Waals surface area contributed by atoms with Crippen LogP contribution in [0.1, 0.15) is 29.6 Å². The van der Waals surface area contributed by atoms with Crippen LogP contribution in [0.5, 0.6) is 16.8 Å². The number of hydrogen-bond donors (Lipinski definition) is 1. The zero-order chi connectivity index (χ0) is 22.8. The van der Waals surface area contributed by atoms with Crippen molar-refractivity contribution < 1.29 is 23.7 Å². The van der Waals surface area contributed by atoms with E-state index < -0.39 is 5.91 Å². The minimum atomic E-state index is -0.419. The van der Waals surface area contributed by atoms with Gasteiger partial charge in [0, 0.05) is 29.8 Å². The largest absolute Gasteiger partial charge is 0.494 e. The number of methoxy groups -OCH3 is 1. The maximum Gasteiger partial charge on any atom is 0.296 e. The lowest BCUT2D eigenvalue weighted by Gasteiger charge is -2.14. The van der Waals surface area contributed by atoms with Crippen molar-refractivity contribution in [1.29, 1.82) is 0 Å². The summed E-state index contributed by atoms with van der Waals surface area (Å²) in [4.78, 5) is 21.6. The van der Waals surface area contributed by atoms with Crippen molar-refractivity contribution in [3.8, 4) is 28.0 Å². The van der Waals surface area contributed by atoms with Gasteiger partial charge in [0.15, 0.2) is 0 Å². The molecular formula is C21H20ClN5O5S. The normalized spacial score (nSPS) is 17.6. The molecule has 1 amide bonds. The average Bonchev–Trinajstić information content (AvgIpc) is 3.28. The number of nitrogens with zero attached hydrogens (tertiary/aromatic N) is 4. The Labute approximate surface area is 198 Å². The van der Waals surface area contributed by atoms with Crippen LogP contribution >= 0.6 is 22.9 Å². The molecule has 0 bridgehead atoms. The molecule has 1 unspecified atom stereocenters. The minimum absolute atomic E-state index is 0.0554. The number of carbonyl (C=O) groups excluding carboxylic acids is 1. The number of ether oxygens (including phenoxy) is 4. The van der Waals surface area contributed by atoms with Gasteiger partial charge < -0.3 is 18.9 Å². The maximum absolute atomic E-state index is 13.2. The minimum Gasteiger partial charge on any atom is -0.494 e. The number of anilines is 1. The molecular weight excluding hydrogens is 470 g/mol. The number of carbonyl (C=O) groups is 1. The predicted octanol–water partition coefficient (Wildman–Crippen LogP) is 3.62. The highest BCUT2D eigenvalue weighted by molar-refractivity contribution is 7.17. The van der Waals surface area contributed by atoms with Gasteiger partial charge >= 0.3 is 0 Å². The Morgan fingerprint density at radius 2 is 2.00 bits per heavy atom. The van der Waals surface area contributed by atoms with Crippen molar-refractivity contribution in [1.82, 2.24) is 20.2 Å². The van der Waals surface area contributed by atoms with Gasteiger partial charge in [-0.25, -0.2) is 9.97 Å². The maximum atomic E-state index is 13.2. The lowest BCUT2D eigenvalue weighted by Crippen LogP contribution is -2.15. The number of rotatable bonds is 8. The fourth-order valence-corrected chi connectivity index (χ4v) is 4.09. The monoisotopic (exact) mass is 489 g/mol. The van der Waals surface area contributed by atoms with Crippen LogP contribution in [0.2, 0.25) is 5.15 Å². The number of amides is 1. The summed E-state index contributed by atoms with van der Waals surface area (Å²) >= 11 is 7.28. The van der Waals surface area contributed by atoms with Crippen LogP contribution in [0, 0.1) is 0 Å². The Kier molecular flexibility index (Phi) is 6.25. The molecule has 4 heterocycles. The standard InChI is InChI=1S/C21H20ClN5O5S/c1-29-16-9-23-17(22)6-14(16)13-7-18(31-11-2-3-11)24-8-15(13)19(28)25-20-26-27-21(33-20)32-12-4-5-30-10-12/h6-9,11-12H,2-5,10H2,1H3,(H,25,26,28). The van der Waals surface area contributed by atoms with Crippen molar-refractivity contribution in [3.63, 3.8) is 0 Å². The Morgan fingerprint density at radius 1 is 1.12 bits per heavy atom. The van der Waals surface area contributed by atoms with Gasteiger partial charge in [0.1, 0.15) is 23.1 Å². The van der Waals surface area contributed by atoms with E-state index in [1.807, 2.05) is 0 Å². The van der Waals surface area contributed by atoms with E-state index in [1.54, 1.807) is 12.1 Å². The Morgan fingerprint density at radius 3 is 2.76 bits per heavy atom. The van der Waals surface area contributed by atoms with Crippen molar-refractivity contribution in [2.24, 2.45) is 0 Å². The van der Waals surface area contributed by atoms with E-state index >= 15 is 0 Å². The van der Waals surface area contributed by atoms with E-state index in [0.717, 1.165) is 30.6 Å². The van der Waals surface area contributed by atoms with Crippen LogP contribution in [0.25, 0.3) is 11.1 Å². The molecule has 3 aromatic heterocycles. The molecule has 10 nitrogen and oxygen atoms in total. The van der Waals surface area contributed by atoms with Crippen LogP contribution < -0.4 is 19.5 Å². The summed E-state index contributed by atoms with van der Waals surface area (Å²) in [5.74, 6) is 0.462. The van der Waals surface area contributed by atoms with Gasteiger partial charge in [0.2, 0.25) is 11.0 Å².